The second-order valence-corrected chi connectivity index (χ2v) is 5.56. The van der Waals surface area contributed by atoms with Crippen molar-refractivity contribution in [2.24, 2.45) is 5.73 Å². The number of aliphatic hydroxyl groups is 1. The third-order valence-electron chi connectivity index (χ3n) is 3.67. The molecule has 4 N–H and O–H groups in total. The molecule has 0 aliphatic rings. The zero-order valence-corrected chi connectivity index (χ0v) is 13.4. The third kappa shape index (κ3) is 7.10. The first-order valence-electron chi connectivity index (χ1n) is 8.00. The van der Waals surface area contributed by atoms with Crippen LogP contribution in [0.3, 0.4) is 0 Å². The lowest BCUT2D eigenvalue weighted by molar-refractivity contribution is -0.133. The van der Waals surface area contributed by atoms with E-state index in [9.17, 15) is 14.7 Å². The summed E-state index contributed by atoms with van der Waals surface area (Å²) < 4.78 is 0. The number of hydrogen-bond donors (Lipinski definition) is 3. The van der Waals surface area contributed by atoms with Gasteiger partial charge in [0.1, 0.15) is 6.04 Å². The maximum absolute atomic E-state index is 12.1. The number of carbonyl (C=O) groups excluding carboxylic acids is 2. The number of primary amides is 1. The molecule has 0 saturated carbocycles. The molecule has 1 rings (SSSR count). The van der Waals surface area contributed by atoms with E-state index < -0.39 is 24.0 Å². The summed E-state index contributed by atoms with van der Waals surface area (Å²) in [4.78, 5) is 23.5. The van der Waals surface area contributed by atoms with E-state index in [4.69, 9.17) is 5.73 Å². The highest BCUT2D eigenvalue weighted by molar-refractivity contribution is 5.88. The van der Waals surface area contributed by atoms with Crippen LogP contribution in [0.25, 0.3) is 0 Å². The van der Waals surface area contributed by atoms with Crippen molar-refractivity contribution in [3.05, 3.63) is 48.6 Å². The van der Waals surface area contributed by atoms with E-state index in [0.29, 0.717) is 12.0 Å². The van der Waals surface area contributed by atoms with Gasteiger partial charge in [-0.25, -0.2) is 0 Å². The molecule has 2 amide bonds. The molecule has 23 heavy (non-hydrogen) atoms. The van der Waals surface area contributed by atoms with E-state index in [1.54, 1.807) is 30.3 Å². The number of rotatable bonds is 11. The van der Waals surface area contributed by atoms with Crippen molar-refractivity contribution >= 4 is 11.8 Å². The molecule has 0 bridgehead atoms. The van der Waals surface area contributed by atoms with Gasteiger partial charge in [-0.3, -0.25) is 9.59 Å². The van der Waals surface area contributed by atoms with Gasteiger partial charge in [0.05, 0.1) is 0 Å². The fraction of sp³-hybridized carbons (Fsp3) is 0.444. The predicted molar refractivity (Wildman–Crippen MR) is 90.4 cm³/mol. The first-order chi connectivity index (χ1) is 11.1. The molecule has 1 aromatic carbocycles. The molecule has 0 heterocycles. The average molecular weight is 318 g/mol. The molecule has 0 spiro atoms. The topological polar surface area (TPSA) is 92.4 Å². The van der Waals surface area contributed by atoms with E-state index in [1.165, 1.54) is 0 Å². The second kappa shape index (κ2) is 10.6. The van der Waals surface area contributed by atoms with Gasteiger partial charge in [-0.05, 0) is 24.8 Å². The lowest BCUT2D eigenvalue weighted by Gasteiger charge is -2.18. The molecule has 0 aromatic heterocycles. The monoisotopic (exact) mass is 318 g/mol. The average Bonchev–Trinajstić information content (AvgIpc) is 2.56. The van der Waals surface area contributed by atoms with Crippen molar-refractivity contribution in [3.63, 3.8) is 0 Å². The van der Waals surface area contributed by atoms with Crippen molar-refractivity contribution in [2.45, 2.75) is 50.7 Å². The Bertz CT molecular complexity index is 502. The summed E-state index contributed by atoms with van der Waals surface area (Å²) in [6, 6.07) is 7.83. The van der Waals surface area contributed by atoms with Crippen LogP contribution < -0.4 is 11.1 Å². The zero-order valence-electron chi connectivity index (χ0n) is 13.4. The molecule has 0 saturated heterocycles. The maximum Gasteiger partial charge on any atom is 0.254 e. The SMILES string of the molecule is C=CCCCCCC[C@H](NC(=O)[C@@H](O)c1ccccc1)C(N)=O. The predicted octanol–water partition coefficient (Wildman–Crippen LogP) is 2.22. The third-order valence-corrected chi connectivity index (χ3v) is 3.67. The van der Waals surface area contributed by atoms with Gasteiger partial charge in [-0.15, -0.1) is 6.58 Å². The van der Waals surface area contributed by atoms with Crippen LogP contribution in [0, 0.1) is 0 Å². The van der Waals surface area contributed by atoms with Crippen LogP contribution >= 0.6 is 0 Å². The number of nitrogens with one attached hydrogen (secondary N) is 1. The van der Waals surface area contributed by atoms with E-state index in [-0.39, 0.29) is 0 Å². The van der Waals surface area contributed by atoms with Crippen LogP contribution in [0.1, 0.15) is 50.2 Å². The summed E-state index contributed by atoms with van der Waals surface area (Å²) >= 11 is 0. The number of nitrogens with two attached hydrogens (primary N) is 1. The van der Waals surface area contributed by atoms with Crippen molar-refractivity contribution < 1.29 is 14.7 Å². The number of carbonyl (C=O) groups is 2. The molecule has 0 radical (unpaired) electrons. The van der Waals surface area contributed by atoms with Crippen molar-refractivity contribution in [1.29, 1.82) is 0 Å². The van der Waals surface area contributed by atoms with E-state index in [1.807, 2.05) is 6.08 Å². The number of hydrogen-bond acceptors (Lipinski definition) is 3. The summed E-state index contributed by atoms with van der Waals surface area (Å²) in [6.45, 7) is 3.67. The second-order valence-electron chi connectivity index (χ2n) is 5.56. The van der Waals surface area contributed by atoms with Gasteiger partial charge in [0.2, 0.25) is 5.91 Å². The zero-order chi connectivity index (χ0) is 17.1. The van der Waals surface area contributed by atoms with Gasteiger partial charge < -0.3 is 16.2 Å². The molecule has 0 aliphatic heterocycles. The Morgan fingerprint density at radius 2 is 1.83 bits per heavy atom. The highest BCUT2D eigenvalue weighted by Crippen LogP contribution is 2.13. The molecule has 126 valence electrons. The number of aliphatic hydroxyl groups excluding tert-OH is 1. The molecule has 2 atom stereocenters. The normalized spacial score (nSPS) is 13.1. The summed E-state index contributed by atoms with van der Waals surface area (Å²) in [7, 11) is 0. The standard InChI is InChI=1S/C18H26N2O3/c1-2-3-4-5-6-10-13-15(17(19)22)20-18(23)16(21)14-11-8-7-9-12-14/h2,7-9,11-12,15-16,21H,1,3-6,10,13H2,(H2,19,22)(H,20,23)/t15-,16-/m0/s1. The van der Waals surface area contributed by atoms with E-state index in [2.05, 4.69) is 11.9 Å². The van der Waals surface area contributed by atoms with Crippen LogP contribution in [0.4, 0.5) is 0 Å². The number of benzene rings is 1. The first kappa shape index (κ1) is 18.9. The minimum atomic E-state index is -1.30. The largest absolute Gasteiger partial charge is 0.378 e. The van der Waals surface area contributed by atoms with Crippen molar-refractivity contribution in [1.82, 2.24) is 5.32 Å². The smallest absolute Gasteiger partial charge is 0.254 e. The van der Waals surface area contributed by atoms with Gasteiger partial charge >= 0.3 is 0 Å². The van der Waals surface area contributed by atoms with Gasteiger partial charge in [0.15, 0.2) is 6.10 Å². The van der Waals surface area contributed by atoms with Gasteiger partial charge in [-0.2, -0.15) is 0 Å². The highest BCUT2D eigenvalue weighted by atomic mass is 16.3. The lowest BCUT2D eigenvalue weighted by atomic mass is 10.0. The number of allylic oxidation sites excluding steroid dienone is 1. The Balaban J connectivity index is 2.44. The van der Waals surface area contributed by atoms with Gasteiger partial charge in [0, 0.05) is 0 Å². The quantitative estimate of drug-likeness (QED) is 0.431. The molecule has 5 nitrogen and oxygen atoms in total. The Morgan fingerprint density at radius 1 is 1.17 bits per heavy atom. The van der Waals surface area contributed by atoms with Crippen LogP contribution in [0.15, 0.2) is 43.0 Å². The highest BCUT2D eigenvalue weighted by Gasteiger charge is 2.23. The maximum atomic E-state index is 12.1. The van der Waals surface area contributed by atoms with Gasteiger partial charge in [0.25, 0.3) is 5.91 Å². The Kier molecular flexibility index (Phi) is 8.68. The number of unbranched alkanes of at least 4 members (excludes halogenated alkanes) is 4. The Labute approximate surface area is 137 Å². The lowest BCUT2D eigenvalue weighted by Crippen LogP contribution is -2.46. The van der Waals surface area contributed by atoms with Crippen molar-refractivity contribution in [2.75, 3.05) is 0 Å². The Morgan fingerprint density at radius 3 is 2.43 bits per heavy atom. The van der Waals surface area contributed by atoms with Crippen LogP contribution in [0.2, 0.25) is 0 Å². The molecule has 1 aromatic rings. The summed E-state index contributed by atoms with van der Waals surface area (Å²) in [6.07, 6.45) is 5.95. The summed E-state index contributed by atoms with van der Waals surface area (Å²) in [5.74, 6) is -1.18. The summed E-state index contributed by atoms with van der Waals surface area (Å²) in [5.41, 5.74) is 5.82. The van der Waals surface area contributed by atoms with Crippen LogP contribution in [-0.2, 0) is 9.59 Å². The number of amides is 2. The fourth-order valence-electron chi connectivity index (χ4n) is 2.31. The minimum Gasteiger partial charge on any atom is -0.378 e. The first-order valence-corrected chi connectivity index (χ1v) is 8.00. The van der Waals surface area contributed by atoms with Crippen molar-refractivity contribution in [3.8, 4) is 0 Å². The van der Waals surface area contributed by atoms with Gasteiger partial charge in [-0.1, -0.05) is 55.7 Å². The molecule has 0 aliphatic carbocycles. The molecular weight excluding hydrogens is 292 g/mol. The van der Waals surface area contributed by atoms with Crippen LogP contribution in [-0.4, -0.2) is 23.0 Å². The summed E-state index contributed by atoms with van der Waals surface area (Å²) in [5, 5.41) is 12.6. The molecule has 0 unspecified atom stereocenters. The fourth-order valence-corrected chi connectivity index (χ4v) is 2.31. The van der Waals surface area contributed by atoms with E-state index >= 15 is 0 Å². The van der Waals surface area contributed by atoms with E-state index in [0.717, 1.165) is 32.1 Å². The molecule has 0 fully saturated rings. The molecule has 5 heteroatoms. The minimum absolute atomic E-state index is 0.483. The van der Waals surface area contributed by atoms with Crippen LogP contribution in [0.5, 0.6) is 0 Å². The Hall–Kier alpha value is -2.14. The molecular formula is C18H26N2O3.